The topological polar surface area (TPSA) is 12.4 Å². The fourth-order valence-electron chi connectivity index (χ4n) is 0.607. The van der Waals surface area contributed by atoms with E-state index < -0.39 is 0 Å². The molecule has 0 unspecified atom stereocenters. The third kappa shape index (κ3) is 2.32. The van der Waals surface area contributed by atoms with Crippen LogP contribution in [0.2, 0.25) is 0 Å². The Labute approximate surface area is 82.5 Å². The van der Waals surface area contributed by atoms with Gasteiger partial charge in [0, 0.05) is 0 Å². The SMILES string of the molecule is Fc1ccc(N=C=S)cc1I. The molecule has 0 aliphatic heterocycles. The van der Waals surface area contributed by atoms with Crippen molar-refractivity contribution < 1.29 is 4.39 Å². The minimum atomic E-state index is -0.242. The number of rotatable bonds is 1. The molecular formula is C7H3FINS. The van der Waals surface area contributed by atoms with Gasteiger partial charge in [0.2, 0.25) is 0 Å². The van der Waals surface area contributed by atoms with Crippen LogP contribution < -0.4 is 0 Å². The summed E-state index contributed by atoms with van der Waals surface area (Å²) in [6.07, 6.45) is 0. The first kappa shape index (κ1) is 8.77. The maximum absolute atomic E-state index is 12.6. The van der Waals surface area contributed by atoms with Crippen molar-refractivity contribution in [1.29, 1.82) is 0 Å². The van der Waals surface area contributed by atoms with Crippen molar-refractivity contribution in [3.05, 3.63) is 27.6 Å². The fraction of sp³-hybridized carbons (Fsp3) is 0. The van der Waals surface area contributed by atoms with E-state index in [1.807, 2.05) is 22.6 Å². The summed E-state index contributed by atoms with van der Waals surface area (Å²) in [5.74, 6) is -0.242. The van der Waals surface area contributed by atoms with Crippen LogP contribution in [0.15, 0.2) is 23.2 Å². The number of halogens is 2. The molecule has 0 fully saturated rings. The number of thiocarbonyl (C=S) groups is 1. The Kier molecular flexibility index (Phi) is 3.11. The zero-order valence-corrected chi connectivity index (χ0v) is 8.32. The molecule has 0 aromatic heterocycles. The average molecular weight is 279 g/mol. The van der Waals surface area contributed by atoms with E-state index in [9.17, 15) is 4.39 Å². The Morgan fingerprint density at radius 3 is 2.82 bits per heavy atom. The molecule has 0 radical (unpaired) electrons. The summed E-state index contributed by atoms with van der Waals surface area (Å²) >= 11 is 6.29. The summed E-state index contributed by atoms with van der Waals surface area (Å²) in [7, 11) is 0. The van der Waals surface area contributed by atoms with Crippen LogP contribution in [0.3, 0.4) is 0 Å². The van der Waals surface area contributed by atoms with E-state index in [0.29, 0.717) is 9.26 Å². The highest BCUT2D eigenvalue weighted by Crippen LogP contribution is 2.18. The highest BCUT2D eigenvalue weighted by molar-refractivity contribution is 14.1. The van der Waals surface area contributed by atoms with Gasteiger partial charge in [0.05, 0.1) is 14.4 Å². The molecule has 0 amide bonds. The number of isothiocyanates is 1. The first-order valence-electron chi connectivity index (χ1n) is 2.77. The highest BCUT2D eigenvalue weighted by Gasteiger charge is 1.97. The van der Waals surface area contributed by atoms with Crippen LogP contribution in [-0.2, 0) is 0 Å². The molecule has 0 heterocycles. The summed E-state index contributed by atoms with van der Waals surface area (Å²) in [4.78, 5) is 3.70. The Bertz CT molecular complexity index is 320. The normalized spacial score (nSPS) is 8.91. The summed E-state index contributed by atoms with van der Waals surface area (Å²) in [5.41, 5.74) is 0.630. The molecule has 0 atom stereocenters. The number of nitrogens with zero attached hydrogens (tertiary/aromatic N) is 1. The Hall–Kier alpha value is -0.320. The summed E-state index contributed by atoms with van der Waals surface area (Å²) in [5, 5.41) is 2.21. The standard InChI is InChI=1S/C7H3FINS/c8-6-2-1-5(10-4-11)3-7(6)9/h1-3H. The second-order valence-electron chi connectivity index (χ2n) is 1.80. The third-order valence-electron chi connectivity index (χ3n) is 1.08. The molecule has 0 bridgehead atoms. The van der Waals surface area contributed by atoms with Gasteiger partial charge in [-0.3, -0.25) is 0 Å². The number of aliphatic imine (C=N–C) groups is 1. The minimum absolute atomic E-state index is 0.242. The van der Waals surface area contributed by atoms with E-state index in [0.717, 1.165) is 0 Å². The van der Waals surface area contributed by atoms with Gasteiger partial charge in [-0.15, -0.1) is 0 Å². The van der Waals surface area contributed by atoms with Gasteiger partial charge in [0.25, 0.3) is 0 Å². The monoisotopic (exact) mass is 279 g/mol. The average Bonchev–Trinajstić information content (AvgIpc) is 1.98. The van der Waals surface area contributed by atoms with E-state index in [-0.39, 0.29) is 5.82 Å². The smallest absolute Gasteiger partial charge is 0.136 e. The minimum Gasteiger partial charge on any atom is -0.206 e. The van der Waals surface area contributed by atoms with Crippen molar-refractivity contribution in [2.45, 2.75) is 0 Å². The first-order valence-corrected chi connectivity index (χ1v) is 4.25. The van der Waals surface area contributed by atoms with Gasteiger partial charge in [-0.1, -0.05) is 0 Å². The van der Waals surface area contributed by atoms with E-state index in [1.165, 1.54) is 6.07 Å². The Morgan fingerprint density at radius 1 is 1.55 bits per heavy atom. The molecule has 0 N–H and O–H groups in total. The van der Waals surface area contributed by atoms with Crippen LogP contribution in [0.5, 0.6) is 0 Å². The maximum Gasteiger partial charge on any atom is 0.136 e. The van der Waals surface area contributed by atoms with E-state index in [4.69, 9.17) is 0 Å². The van der Waals surface area contributed by atoms with Crippen molar-refractivity contribution in [2.75, 3.05) is 0 Å². The van der Waals surface area contributed by atoms with Crippen molar-refractivity contribution in [2.24, 2.45) is 4.99 Å². The highest BCUT2D eigenvalue weighted by atomic mass is 127. The molecule has 0 saturated heterocycles. The second kappa shape index (κ2) is 3.90. The van der Waals surface area contributed by atoms with E-state index >= 15 is 0 Å². The third-order valence-corrected chi connectivity index (χ3v) is 2.00. The van der Waals surface area contributed by atoms with Gasteiger partial charge in [-0.25, -0.2) is 4.39 Å². The van der Waals surface area contributed by atoms with Crippen LogP contribution >= 0.6 is 34.8 Å². The summed E-state index contributed by atoms with van der Waals surface area (Å²) in [6.45, 7) is 0. The van der Waals surface area contributed by atoms with Crippen LogP contribution in [-0.4, -0.2) is 5.16 Å². The molecule has 0 aliphatic rings. The molecule has 1 rings (SSSR count). The van der Waals surface area contributed by atoms with Gasteiger partial charge in [-0.2, -0.15) is 4.99 Å². The summed E-state index contributed by atoms with van der Waals surface area (Å²) < 4.78 is 13.2. The molecule has 1 aromatic rings. The van der Waals surface area contributed by atoms with Gasteiger partial charge >= 0.3 is 0 Å². The number of hydrogen-bond acceptors (Lipinski definition) is 2. The van der Waals surface area contributed by atoms with Gasteiger partial charge < -0.3 is 0 Å². The lowest BCUT2D eigenvalue weighted by Gasteiger charge is -1.93. The maximum atomic E-state index is 12.6. The summed E-state index contributed by atoms with van der Waals surface area (Å²) in [6, 6.07) is 4.51. The van der Waals surface area contributed by atoms with Crippen LogP contribution in [0.1, 0.15) is 0 Å². The van der Waals surface area contributed by atoms with Crippen molar-refractivity contribution in [3.8, 4) is 0 Å². The zero-order valence-electron chi connectivity index (χ0n) is 5.34. The second-order valence-corrected chi connectivity index (χ2v) is 3.15. The molecule has 0 saturated carbocycles. The predicted octanol–water partition coefficient (Wildman–Crippen LogP) is 3.16. The van der Waals surface area contributed by atoms with Crippen LogP contribution in [0.25, 0.3) is 0 Å². The zero-order chi connectivity index (χ0) is 8.27. The van der Waals surface area contributed by atoms with Gasteiger partial charge in [0.15, 0.2) is 0 Å². The number of hydrogen-bond donors (Lipinski definition) is 0. The molecule has 0 aliphatic carbocycles. The molecule has 11 heavy (non-hydrogen) atoms. The van der Waals surface area contributed by atoms with Gasteiger partial charge in [-0.05, 0) is 53.0 Å². The molecule has 1 nitrogen and oxygen atoms in total. The van der Waals surface area contributed by atoms with Crippen molar-refractivity contribution in [3.63, 3.8) is 0 Å². The number of benzene rings is 1. The van der Waals surface area contributed by atoms with Crippen LogP contribution in [0.4, 0.5) is 10.1 Å². The molecule has 1 aromatic carbocycles. The molecule has 4 heteroatoms. The lowest BCUT2D eigenvalue weighted by atomic mass is 10.3. The molecule has 56 valence electrons. The van der Waals surface area contributed by atoms with Crippen molar-refractivity contribution >= 4 is 45.7 Å². The van der Waals surface area contributed by atoms with E-state index in [2.05, 4.69) is 22.4 Å². The van der Waals surface area contributed by atoms with E-state index in [1.54, 1.807) is 12.1 Å². The molecule has 0 spiro atoms. The fourth-order valence-corrected chi connectivity index (χ4v) is 1.21. The quantitative estimate of drug-likeness (QED) is 0.437. The molecular weight excluding hydrogens is 276 g/mol. The van der Waals surface area contributed by atoms with Crippen molar-refractivity contribution in [1.82, 2.24) is 0 Å². The first-order chi connectivity index (χ1) is 5.24. The van der Waals surface area contributed by atoms with Gasteiger partial charge in [0.1, 0.15) is 5.82 Å². The Morgan fingerprint density at radius 2 is 2.27 bits per heavy atom. The lowest BCUT2D eigenvalue weighted by molar-refractivity contribution is 0.620. The Balaban J connectivity index is 3.14. The predicted molar refractivity (Wildman–Crippen MR) is 53.8 cm³/mol. The van der Waals surface area contributed by atoms with Crippen LogP contribution in [0, 0.1) is 9.39 Å². The largest absolute Gasteiger partial charge is 0.206 e. The lowest BCUT2D eigenvalue weighted by Crippen LogP contribution is -1.78.